The number of nitrogens with zero attached hydrogens (tertiary/aromatic N) is 4. The van der Waals surface area contributed by atoms with Crippen LogP contribution in [0.3, 0.4) is 0 Å². The summed E-state index contributed by atoms with van der Waals surface area (Å²) in [7, 11) is 5.29. The van der Waals surface area contributed by atoms with Crippen molar-refractivity contribution in [1.29, 1.82) is 5.26 Å². The summed E-state index contributed by atoms with van der Waals surface area (Å²) < 4.78 is 26.9. The molecule has 0 spiro atoms. The predicted octanol–water partition coefficient (Wildman–Crippen LogP) is 2.30. The summed E-state index contributed by atoms with van der Waals surface area (Å²) in [5.41, 5.74) is 0. The quantitative estimate of drug-likeness (QED) is 0.166. The van der Waals surface area contributed by atoms with Crippen LogP contribution in [0.4, 0.5) is 4.79 Å². The molecule has 0 aromatic heterocycles. The predicted molar refractivity (Wildman–Crippen MR) is 130 cm³/mol. The molecule has 1 N–H and O–H groups in total. The summed E-state index contributed by atoms with van der Waals surface area (Å²) in [5, 5.41) is 11.5. The Kier molecular flexibility index (Phi) is 13.7. The van der Waals surface area contributed by atoms with Crippen molar-refractivity contribution in [3.63, 3.8) is 0 Å². The van der Waals surface area contributed by atoms with Gasteiger partial charge in [-0.15, -0.1) is 0 Å². The summed E-state index contributed by atoms with van der Waals surface area (Å²) in [4.78, 5) is 26.8. The Bertz CT molecular complexity index is 694. The zero-order chi connectivity index (χ0) is 25.8. The van der Waals surface area contributed by atoms with Gasteiger partial charge >= 0.3 is 6.03 Å². The Morgan fingerprint density at radius 1 is 1.24 bits per heavy atom. The topological polar surface area (TPSA) is 117 Å². The first-order valence-corrected chi connectivity index (χ1v) is 12.5. The van der Waals surface area contributed by atoms with Gasteiger partial charge in [-0.1, -0.05) is 0 Å². The lowest BCUT2D eigenvalue weighted by molar-refractivity contribution is -0.104. The lowest BCUT2D eigenvalue weighted by Gasteiger charge is -2.38. The number of allylic oxidation sites excluding steroid dienone is 1. The van der Waals surface area contributed by atoms with Gasteiger partial charge in [-0.05, 0) is 47.9 Å². The van der Waals surface area contributed by atoms with Gasteiger partial charge in [-0.25, -0.2) is 9.46 Å². The minimum Gasteiger partial charge on any atom is -0.374 e. The molecule has 0 aromatic rings. The molecule has 1 rings (SSSR count). The van der Waals surface area contributed by atoms with E-state index in [4.69, 9.17) is 23.8 Å². The molecular weight excluding hydrogens is 461 g/mol. The molecule has 5 unspecified atom stereocenters. The number of hydrogen-bond acceptors (Lipinski definition) is 9. The highest BCUT2D eigenvalue weighted by atomic mass is 31.2. The molecule has 0 radical (unpaired) electrons. The van der Waals surface area contributed by atoms with E-state index >= 15 is 0 Å². The van der Waals surface area contributed by atoms with Crippen LogP contribution in [0.25, 0.3) is 0 Å². The molecule has 11 nitrogen and oxygen atoms in total. The Hall–Kier alpha value is -1.64. The summed E-state index contributed by atoms with van der Waals surface area (Å²) in [6.45, 7) is 8.97. The molecule has 0 aromatic carbocycles. The van der Waals surface area contributed by atoms with Crippen molar-refractivity contribution in [3.05, 3.63) is 12.3 Å². The maximum atomic E-state index is 12.6. The molecule has 12 heteroatoms. The smallest absolute Gasteiger partial charge is 0.323 e. The molecular formula is C22H40N5O6P. The highest BCUT2D eigenvalue weighted by molar-refractivity contribution is 7.44. The number of methoxy groups -OCH3 is 1. The lowest BCUT2D eigenvalue weighted by Crippen LogP contribution is -2.49. The van der Waals surface area contributed by atoms with Crippen LogP contribution >= 0.6 is 8.53 Å². The first-order chi connectivity index (χ1) is 16.1. The number of ether oxygens (including phenoxy) is 2. The lowest BCUT2D eigenvalue weighted by atomic mass is 10.1. The van der Waals surface area contributed by atoms with Crippen LogP contribution in [0.2, 0.25) is 0 Å². The van der Waals surface area contributed by atoms with Gasteiger partial charge in [0.15, 0.2) is 6.23 Å². The fourth-order valence-electron chi connectivity index (χ4n) is 3.74. The SMILES string of the molecule is CNC(=O)N(/C=C\C=O)C1OC(CN(C)C)C(OP(OCCC#N)N(C(C)C)C(C)C)C1OC. The second-order valence-corrected chi connectivity index (χ2v) is 9.99. The summed E-state index contributed by atoms with van der Waals surface area (Å²) in [6.07, 6.45) is 0.878. The van der Waals surface area contributed by atoms with Gasteiger partial charge in [0.2, 0.25) is 0 Å². The molecule has 5 atom stereocenters. The number of likely N-dealkylation sites (N-methyl/N-ethyl adjacent to an activating group) is 1. The standard InChI is InChI=1S/C22H40N5O6P/c1-16(2)27(17(3)4)34(31-14-9-11-23)33-19-18(15-25(6)7)32-21(20(19)30-8)26(12-10-13-28)22(29)24-5/h10,12-13,16-21H,9,14-15H2,1-8H3,(H,24,29)/b12-10-. The molecule has 1 fully saturated rings. The van der Waals surface area contributed by atoms with Gasteiger partial charge in [0.05, 0.1) is 19.1 Å². The number of nitrogens with one attached hydrogen (secondary N) is 1. The number of carbonyl (C=O) groups is 2. The van der Waals surface area contributed by atoms with Crippen molar-refractivity contribution in [3.8, 4) is 6.07 Å². The number of carbonyl (C=O) groups excluding carboxylic acids is 2. The average molecular weight is 502 g/mol. The third kappa shape index (κ3) is 8.54. The van der Waals surface area contributed by atoms with Crippen molar-refractivity contribution in [2.24, 2.45) is 0 Å². The highest BCUT2D eigenvalue weighted by Crippen LogP contribution is 2.49. The first kappa shape index (κ1) is 30.4. The van der Waals surface area contributed by atoms with E-state index in [0.717, 1.165) is 0 Å². The van der Waals surface area contributed by atoms with E-state index in [1.54, 1.807) is 0 Å². The van der Waals surface area contributed by atoms with Crippen molar-refractivity contribution in [2.75, 3.05) is 41.4 Å². The van der Waals surface area contributed by atoms with Crippen molar-refractivity contribution >= 4 is 20.8 Å². The minimum absolute atomic E-state index is 0.123. The number of hydrogen-bond donors (Lipinski definition) is 1. The van der Waals surface area contributed by atoms with Gasteiger partial charge in [-0.2, -0.15) is 5.26 Å². The van der Waals surface area contributed by atoms with Crippen molar-refractivity contribution < 1.29 is 28.1 Å². The van der Waals surface area contributed by atoms with Crippen LogP contribution in [0.15, 0.2) is 12.3 Å². The summed E-state index contributed by atoms with van der Waals surface area (Å²) in [5.74, 6) is 0. The van der Waals surface area contributed by atoms with E-state index in [1.165, 1.54) is 31.3 Å². The van der Waals surface area contributed by atoms with Crippen LogP contribution in [-0.2, 0) is 23.3 Å². The second kappa shape index (κ2) is 15.4. The Morgan fingerprint density at radius 3 is 2.35 bits per heavy atom. The number of amides is 2. The second-order valence-electron chi connectivity index (χ2n) is 8.58. The van der Waals surface area contributed by atoms with E-state index in [2.05, 4.69) is 43.8 Å². The number of rotatable bonds is 14. The zero-order valence-electron chi connectivity index (χ0n) is 21.5. The maximum Gasteiger partial charge on any atom is 0.323 e. The zero-order valence-corrected chi connectivity index (χ0v) is 22.4. The molecule has 34 heavy (non-hydrogen) atoms. The summed E-state index contributed by atoms with van der Waals surface area (Å²) >= 11 is 0. The average Bonchev–Trinajstić information content (AvgIpc) is 3.09. The molecule has 0 bridgehead atoms. The van der Waals surface area contributed by atoms with Crippen molar-refractivity contribution in [1.82, 2.24) is 19.8 Å². The van der Waals surface area contributed by atoms with Crippen LogP contribution in [-0.4, -0.2) is 105 Å². The molecule has 1 saturated heterocycles. The normalized spacial score (nSPS) is 23.7. The van der Waals surface area contributed by atoms with E-state index in [-0.39, 0.29) is 25.1 Å². The Balaban J connectivity index is 3.37. The minimum atomic E-state index is -1.57. The van der Waals surface area contributed by atoms with Gasteiger partial charge in [0.1, 0.15) is 24.6 Å². The van der Waals surface area contributed by atoms with Crippen LogP contribution in [0, 0.1) is 11.3 Å². The third-order valence-corrected chi connectivity index (χ3v) is 7.15. The van der Waals surface area contributed by atoms with Gasteiger partial charge in [0, 0.05) is 39.0 Å². The van der Waals surface area contributed by atoms with Crippen LogP contribution < -0.4 is 5.32 Å². The molecule has 1 heterocycles. The Morgan fingerprint density at radius 2 is 1.88 bits per heavy atom. The van der Waals surface area contributed by atoms with Crippen LogP contribution in [0.1, 0.15) is 34.1 Å². The van der Waals surface area contributed by atoms with E-state index in [0.29, 0.717) is 12.8 Å². The summed E-state index contributed by atoms with van der Waals surface area (Å²) in [6, 6.07) is 1.89. The third-order valence-electron chi connectivity index (χ3n) is 5.02. The monoisotopic (exact) mass is 501 g/mol. The Labute approximate surface area is 204 Å². The molecule has 2 amide bonds. The van der Waals surface area contributed by atoms with E-state index in [9.17, 15) is 9.59 Å². The number of nitriles is 1. The van der Waals surface area contributed by atoms with Gasteiger partial charge in [0.25, 0.3) is 8.53 Å². The van der Waals surface area contributed by atoms with E-state index in [1.807, 2.05) is 19.0 Å². The molecule has 1 aliphatic heterocycles. The fraction of sp³-hybridized carbons (Fsp3) is 0.773. The number of aldehydes is 1. The molecule has 0 saturated carbocycles. The molecule has 194 valence electrons. The largest absolute Gasteiger partial charge is 0.374 e. The van der Waals surface area contributed by atoms with Crippen LogP contribution in [0.5, 0.6) is 0 Å². The van der Waals surface area contributed by atoms with Gasteiger partial charge in [-0.3, -0.25) is 9.69 Å². The highest BCUT2D eigenvalue weighted by Gasteiger charge is 2.51. The first-order valence-electron chi connectivity index (χ1n) is 11.3. The fourth-order valence-corrected chi connectivity index (χ4v) is 5.51. The van der Waals surface area contributed by atoms with E-state index < -0.39 is 39.1 Å². The van der Waals surface area contributed by atoms with Gasteiger partial charge < -0.3 is 28.7 Å². The molecule has 0 aliphatic carbocycles. The maximum absolute atomic E-state index is 12.6. The number of urea groups is 1. The molecule has 1 aliphatic rings. The van der Waals surface area contributed by atoms with Crippen molar-refractivity contribution in [2.45, 2.75) is 70.7 Å².